The highest BCUT2D eigenvalue weighted by atomic mass is 16.5. The highest BCUT2D eigenvalue weighted by Crippen LogP contribution is 2.32. The minimum absolute atomic E-state index is 0.0961. The Morgan fingerprint density at radius 2 is 1.92 bits per heavy atom. The predicted molar refractivity (Wildman–Crippen MR) is 145 cm³/mol. The summed E-state index contributed by atoms with van der Waals surface area (Å²) in [5, 5.41) is 23.3. The molecule has 2 amide bonds. The van der Waals surface area contributed by atoms with E-state index in [1.807, 2.05) is 18.2 Å². The lowest BCUT2D eigenvalue weighted by atomic mass is 9.84. The Bertz CT molecular complexity index is 1250. The fourth-order valence-corrected chi connectivity index (χ4v) is 4.74. The van der Waals surface area contributed by atoms with Gasteiger partial charge >= 0.3 is 0 Å². The number of benzene rings is 2. The maximum absolute atomic E-state index is 12.0. The van der Waals surface area contributed by atoms with Gasteiger partial charge in [0, 0.05) is 37.3 Å². The number of nitrogens with two attached hydrogens (primary N) is 1. The first-order valence-corrected chi connectivity index (χ1v) is 12.8. The molecule has 0 atom stereocenters. The molecule has 1 saturated carbocycles. The molecule has 1 saturated heterocycles. The number of piperidine rings is 1. The molecule has 5 N–H and O–H groups in total. The zero-order valence-corrected chi connectivity index (χ0v) is 21.6. The van der Waals surface area contributed by atoms with E-state index in [1.54, 1.807) is 7.11 Å². The fourth-order valence-electron chi connectivity index (χ4n) is 4.74. The third-order valence-corrected chi connectivity index (χ3v) is 7.24. The van der Waals surface area contributed by atoms with Gasteiger partial charge in [-0.05, 0) is 42.9 Å². The molecule has 2 aliphatic rings. The number of amidine groups is 1. The molecule has 1 heterocycles. The molecule has 198 valence electrons. The lowest BCUT2D eigenvalue weighted by molar-refractivity contribution is -0.120. The van der Waals surface area contributed by atoms with E-state index >= 15 is 0 Å². The first-order chi connectivity index (χ1) is 18.3. The minimum Gasteiger partial charge on any atom is -0.496 e. The molecule has 0 radical (unpaired) electrons. The van der Waals surface area contributed by atoms with Gasteiger partial charge in [-0.3, -0.25) is 19.9 Å². The quantitative estimate of drug-likeness (QED) is 0.218. The van der Waals surface area contributed by atoms with Crippen molar-refractivity contribution >= 4 is 17.6 Å². The van der Waals surface area contributed by atoms with Gasteiger partial charge in [0.2, 0.25) is 5.91 Å². The Balaban J connectivity index is 1.40. The highest BCUT2D eigenvalue weighted by molar-refractivity contribution is 6.22. The van der Waals surface area contributed by atoms with Crippen LogP contribution in [-0.4, -0.2) is 48.3 Å². The van der Waals surface area contributed by atoms with Crippen LogP contribution in [0.5, 0.6) is 5.75 Å². The van der Waals surface area contributed by atoms with Gasteiger partial charge in [-0.1, -0.05) is 42.5 Å². The molecule has 9 nitrogen and oxygen atoms in total. The summed E-state index contributed by atoms with van der Waals surface area (Å²) >= 11 is 0. The number of carbonyl (C=O) groups is 2. The number of carbonyl (C=O) groups excluding carboxylic acids is 2. The summed E-state index contributed by atoms with van der Waals surface area (Å²) in [5.41, 5.74) is 8.12. The second-order valence-corrected chi connectivity index (χ2v) is 10.00. The Labute approximate surface area is 223 Å². The normalized spacial score (nSPS) is 17.2. The SMILES string of the molecule is COc1cc(CN2CCC(CC#N)(N/C=C(\C(=N)NC(=O)C3CC3)C(N)=O)CC2)ccc1-c1ccccc1. The van der Waals surface area contributed by atoms with Gasteiger partial charge in [-0.25, -0.2) is 0 Å². The molecule has 0 aromatic heterocycles. The average molecular weight is 515 g/mol. The monoisotopic (exact) mass is 514 g/mol. The van der Waals surface area contributed by atoms with Crippen molar-refractivity contribution in [1.82, 2.24) is 15.5 Å². The number of ether oxygens (including phenoxy) is 1. The van der Waals surface area contributed by atoms with Gasteiger partial charge in [0.25, 0.3) is 5.91 Å². The van der Waals surface area contributed by atoms with Crippen molar-refractivity contribution in [2.24, 2.45) is 11.7 Å². The van der Waals surface area contributed by atoms with Gasteiger partial charge < -0.3 is 21.1 Å². The molecular formula is C29H34N6O3. The molecule has 1 aliphatic heterocycles. The second-order valence-electron chi connectivity index (χ2n) is 10.00. The van der Waals surface area contributed by atoms with Crippen molar-refractivity contribution in [3.8, 4) is 22.9 Å². The molecule has 2 fully saturated rings. The number of likely N-dealkylation sites (tertiary alicyclic amines) is 1. The van der Waals surface area contributed by atoms with Crippen LogP contribution in [0.25, 0.3) is 11.1 Å². The van der Waals surface area contributed by atoms with E-state index in [2.05, 4.69) is 51.9 Å². The summed E-state index contributed by atoms with van der Waals surface area (Å²) < 4.78 is 5.68. The van der Waals surface area contributed by atoms with E-state index in [4.69, 9.17) is 15.9 Å². The van der Waals surface area contributed by atoms with Crippen LogP contribution in [0.15, 0.2) is 60.3 Å². The zero-order chi connectivity index (χ0) is 27.1. The van der Waals surface area contributed by atoms with Gasteiger partial charge in [0.15, 0.2) is 0 Å². The maximum Gasteiger partial charge on any atom is 0.253 e. The van der Waals surface area contributed by atoms with Crippen molar-refractivity contribution in [2.75, 3.05) is 20.2 Å². The molecule has 4 rings (SSSR count). The molecule has 1 aliphatic carbocycles. The number of hydrogen-bond donors (Lipinski definition) is 4. The number of primary amides is 1. The Kier molecular flexibility index (Phi) is 8.44. The Morgan fingerprint density at radius 1 is 1.21 bits per heavy atom. The van der Waals surface area contributed by atoms with Crippen molar-refractivity contribution in [3.05, 3.63) is 65.9 Å². The number of nitrogens with one attached hydrogen (secondary N) is 3. The maximum atomic E-state index is 12.0. The highest BCUT2D eigenvalue weighted by Gasteiger charge is 2.35. The van der Waals surface area contributed by atoms with Gasteiger partial charge in [0.05, 0.1) is 30.7 Å². The van der Waals surface area contributed by atoms with Crippen molar-refractivity contribution in [3.63, 3.8) is 0 Å². The summed E-state index contributed by atoms with van der Waals surface area (Å²) in [6.07, 6.45) is 4.55. The summed E-state index contributed by atoms with van der Waals surface area (Å²) in [6.45, 7) is 2.23. The van der Waals surface area contributed by atoms with Crippen LogP contribution in [0.4, 0.5) is 0 Å². The standard InChI is InChI=1S/C29H34N6O3/c1-38-25-17-20(7-10-23(25)21-5-3-2-4-6-21)19-35-15-12-29(11-14-30,13-16-35)33-18-24(27(32)36)26(31)34-28(37)22-8-9-22/h2-7,10,17-18,22,33H,8-9,11-13,15-16,19H2,1H3,(H2,32,36)(H2,31,34,37)/b24-18+. The van der Waals surface area contributed by atoms with Crippen LogP contribution in [0.3, 0.4) is 0 Å². The molecular weight excluding hydrogens is 480 g/mol. The largest absolute Gasteiger partial charge is 0.496 e. The molecule has 0 bridgehead atoms. The van der Waals surface area contributed by atoms with Gasteiger partial charge in [-0.2, -0.15) is 5.26 Å². The summed E-state index contributed by atoms with van der Waals surface area (Å²) in [6, 6.07) is 18.6. The Hall–Kier alpha value is -4.16. The zero-order valence-electron chi connectivity index (χ0n) is 21.6. The number of nitrogens with zero attached hydrogens (tertiary/aromatic N) is 2. The first-order valence-electron chi connectivity index (χ1n) is 12.8. The molecule has 0 unspecified atom stereocenters. The minimum atomic E-state index is -0.809. The number of methoxy groups -OCH3 is 1. The average Bonchev–Trinajstić information content (AvgIpc) is 3.76. The van der Waals surface area contributed by atoms with E-state index in [0.717, 1.165) is 54.9 Å². The van der Waals surface area contributed by atoms with E-state index in [1.165, 1.54) is 6.20 Å². The van der Waals surface area contributed by atoms with Crippen molar-refractivity contribution < 1.29 is 14.3 Å². The predicted octanol–water partition coefficient (Wildman–Crippen LogP) is 3.07. The van der Waals surface area contributed by atoms with E-state index in [9.17, 15) is 14.9 Å². The van der Waals surface area contributed by atoms with E-state index in [0.29, 0.717) is 12.8 Å². The lowest BCUT2D eigenvalue weighted by Crippen LogP contribution is -2.51. The Morgan fingerprint density at radius 3 is 2.53 bits per heavy atom. The van der Waals surface area contributed by atoms with Gasteiger partial charge in [0.1, 0.15) is 11.6 Å². The molecule has 9 heteroatoms. The van der Waals surface area contributed by atoms with Gasteiger partial charge in [-0.15, -0.1) is 0 Å². The molecule has 2 aromatic rings. The third kappa shape index (κ3) is 6.58. The van der Waals surface area contributed by atoms with Crippen LogP contribution in [0.2, 0.25) is 0 Å². The lowest BCUT2D eigenvalue weighted by Gasteiger charge is -2.41. The summed E-state index contributed by atoms with van der Waals surface area (Å²) in [5.74, 6) is -0.668. The van der Waals surface area contributed by atoms with Crippen LogP contribution in [-0.2, 0) is 16.1 Å². The molecule has 38 heavy (non-hydrogen) atoms. The number of amides is 2. The van der Waals surface area contributed by atoms with Crippen LogP contribution < -0.4 is 21.1 Å². The first kappa shape index (κ1) is 26.9. The fraction of sp³-hybridized carbons (Fsp3) is 0.379. The summed E-state index contributed by atoms with van der Waals surface area (Å²) in [4.78, 5) is 26.4. The molecule has 2 aromatic carbocycles. The third-order valence-electron chi connectivity index (χ3n) is 7.24. The smallest absolute Gasteiger partial charge is 0.253 e. The number of nitriles is 1. The van der Waals surface area contributed by atoms with Crippen LogP contribution in [0.1, 0.15) is 37.7 Å². The van der Waals surface area contributed by atoms with E-state index in [-0.39, 0.29) is 29.7 Å². The van der Waals surface area contributed by atoms with E-state index < -0.39 is 11.4 Å². The van der Waals surface area contributed by atoms with Crippen LogP contribution >= 0.6 is 0 Å². The van der Waals surface area contributed by atoms with Crippen molar-refractivity contribution in [2.45, 2.75) is 44.2 Å². The summed E-state index contributed by atoms with van der Waals surface area (Å²) in [7, 11) is 1.68. The molecule has 0 spiro atoms. The topological polar surface area (TPSA) is 144 Å². The number of rotatable bonds is 10. The van der Waals surface area contributed by atoms with Crippen LogP contribution in [0, 0.1) is 22.7 Å². The number of hydrogen-bond acceptors (Lipinski definition) is 7. The van der Waals surface area contributed by atoms with Crippen molar-refractivity contribution in [1.29, 1.82) is 10.7 Å². The second kappa shape index (κ2) is 11.9.